The topological polar surface area (TPSA) is 84.2 Å². The van der Waals surface area contributed by atoms with Crippen molar-refractivity contribution in [1.82, 2.24) is 0 Å². The number of hydrogen-bond acceptors (Lipinski definition) is 5. The predicted octanol–water partition coefficient (Wildman–Crippen LogP) is 1.29. The van der Waals surface area contributed by atoms with Crippen molar-refractivity contribution < 1.29 is 17.9 Å². The minimum Gasteiger partial charge on any atom is -0.469 e. The molecule has 0 heterocycles. The van der Waals surface area contributed by atoms with Gasteiger partial charge in [-0.25, -0.2) is 8.42 Å². The zero-order chi connectivity index (χ0) is 13.5. The molecule has 0 aliphatic heterocycles. The number of ether oxygens (including phenoxy) is 1. The third-order valence-corrected chi connectivity index (χ3v) is 4.14. The summed E-state index contributed by atoms with van der Waals surface area (Å²) in [5, 5.41) is 8.77. The standard InChI is InChI=1S/C11H19NO4S/c1-11(2,9-12)6-4-7-17(14,15)8-5-10(13)16-3/h4-8H2,1-3H3. The fraction of sp³-hybridized carbons (Fsp3) is 0.818. The van der Waals surface area contributed by atoms with E-state index in [-0.39, 0.29) is 17.9 Å². The van der Waals surface area contributed by atoms with Gasteiger partial charge in [-0.15, -0.1) is 0 Å². The van der Waals surface area contributed by atoms with Crippen LogP contribution in [0.25, 0.3) is 0 Å². The molecule has 5 nitrogen and oxygen atoms in total. The van der Waals surface area contributed by atoms with Crippen molar-refractivity contribution >= 4 is 15.8 Å². The van der Waals surface area contributed by atoms with E-state index in [0.717, 1.165) is 0 Å². The number of nitrogens with zero attached hydrogens (tertiary/aromatic N) is 1. The normalized spacial score (nSPS) is 11.9. The highest BCUT2D eigenvalue weighted by Crippen LogP contribution is 2.21. The highest BCUT2D eigenvalue weighted by Gasteiger charge is 2.19. The fourth-order valence-electron chi connectivity index (χ4n) is 1.23. The van der Waals surface area contributed by atoms with E-state index in [1.54, 1.807) is 13.8 Å². The van der Waals surface area contributed by atoms with E-state index in [4.69, 9.17) is 5.26 Å². The molecule has 0 N–H and O–H groups in total. The van der Waals surface area contributed by atoms with Gasteiger partial charge in [-0.2, -0.15) is 5.26 Å². The molecular weight excluding hydrogens is 242 g/mol. The third kappa shape index (κ3) is 7.75. The van der Waals surface area contributed by atoms with Crippen LogP contribution in [0, 0.1) is 16.7 Å². The Morgan fingerprint density at radius 1 is 1.35 bits per heavy atom. The van der Waals surface area contributed by atoms with E-state index >= 15 is 0 Å². The Balaban J connectivity index is 4.04. The van der Waals surface area contributed by atoms with Crippen molar-refractivity contribution in [3.05, 3.63) is 0 Å². The van der Waals surface area contributed by atoms with Crippen LogP contribution in [0.5, 0.6) is 0 Å². The molecule has 0 fully saturated rings. The van der Waals surface area contributed by atoms with Crippen molar-refractivity contribution in [1.29, 1.82) is 5.26 Å². The fourth-order valence-corrected chi connectivity index (χ4v) is 2.50. The maximum atomic E-state index is 11.5. The van der Waals surface area contributed by atoms with Crippen molar-refractivity contribution in [2.24, 2.45) is 5.41 Å². The van der Waals surface area contributed by atoms with E-state index in [1.165, 1.54) is 7.11 Å². The van der Waals surface area contributed by atoms with Gasteiger partial charge >= 0.3 is 5.97 Å². The summed E-state index contributed by atoms with van der Waals surface area (Å²) in [5.74, 6) is -0.701. The summed E-state index contributed by atoms with van der Waals surface area (Å²) in [6.07, 6.45) is 0.853. The van der Waals surface area contributed by atoms with Gasteiger partial charge in [-0.1, -0.05) is 0 Å². The molecule has 0 radical (unpaired) electrons. The van der Waals surface area contributed by atoms with Crippen LogP contribution in [0.15, 0.2) is 0 Å². The Labute approximate surface area is 103 Å². The lowest BCUT2D eigenvalue weighted by molar-refractivity contribution is -0.140. The summed E-state index contributed by atoms with van der Waals surface area (Å²) in [5.41, 5.74) is -0.502. The number of nitriles is 1. The summed E-state index contributed by atoms with van der Waals surface area (Å²) < 4.78 is 27.4. The second-order valence-corrected chi connectivity index (χ2v) is 6.88. The average molecular weight is 261 g/mol. The quantitative estimate of drug-likeness (QED) is 0.645. The van der Waals surface area contributed by atoms with Crippen LogP contribution in [0.3, 0.4) is 0 Å². The maximum Gasteiger partial charge on any atom is 0.306 e. The molecule has 98 valence electrons. The first-order chi connectivity index (χ1) is 7.72. The molecule has 0 atom stereocenters. The zero-order valence-electron chi connectivity index (χ0n) is 10.5. The average Bonchev–Trinajstić information content (AvgIpc) is 2.25. The number of rotatable bonds is 7. The smallest absolute Gasteiger partial charge is 0.306 e. The summed E-state index contributed by atoms with van der Waals surface area (Å²) in [6, 6.07) is 2.12. The summed E-state index contributed by atoms with van der Waals surface area (Å²) in [4.78, 5) is 10.8. The minimum atomic E-state index is -3.23. The molecule has 0 saturated heterocycles. The lowest BCUT2D eigenvalue weighted by Crippen LogP contribution is -2.17. The van der Waals surface area contributed by atoms with Crippen molar-refractivity contribution in [2.75, 3.05) is 18.6 Å². The van der Waals surface area contributed by atoms with Crippen LogP contribution < -0.4 is 0 Å². The van der Waals surface area contributed by atoms with Gasteiger partial charge in [-0.3, -0.25) is 4.79 Å². The first-order valence-corrected chi connectivity index (χ1v) is 7.23. The number of sulfone groups is 1. The van der Waals surface area contributed by atoms with Crippen LogP contribution in [0.4, 0.5) is 0 Å². The second-order valence-electron chi connectivity index (χ2n) is 4.58. The van der Waals surface area contributed by atoms with Crippen molar-refractivity contribution in [3.63, 3.8) is 0 Å². The van der Waals surface area contributed by atoms with E-state index < -0.39 is 21.2 Å². The Bertz CT molecular complexity index is 392. The molecule has 0 aliphatic rings. The Kier molecular flexibility index (Phi) is 6.18. The molecule has 0 spiro atoms. The molecule has 0 amide bonds. The van der Waals surface area contributed by atoms with E-state index in [2.05, 4.69) is 10.8 Å². The Morgan fingerprint density at radius 3 is 2.41 bits per heavy atom. The van der Waals surface area contributed by atoms with Gasteiger partial charge in [0.25, 0.3) is 0 Å². The lowest BCUT2D eigenvalue weighted by atomic mass is 9.90. The van der Waals surface area contributed by atoms with Gasteiger partial charge in [-0.05, 0) is 26.7 Å². The van der Waals surface area contributed by atoms with Gasteiger partial charge in [0.1, 0.15) is 0 Å². The lowest BCUT2D eigenvalue weighted by Gasteiger charge is -2.14. The molecular formula is C11H19NO4S. The molecule has 6 heteroatoms. The molecule has 17 heavy (non-hydrogen) atoms. The molecule has 0 bridgehead atoms. The van der Waals surface area contributed by atoms with E-state index in [9.17, 15) is 13.2 Å². The van der Waals surface area contributed by atoms with Gasteiger partial charge in [0.2, 0.25) is 0 Å². The SMILES string of the molecule is COC(=O)CCS(=O)(=O)CCCC(C)(C)C#N. The van der Waals surface area contributed by atoms with Crippen LogP contribution in [-0.4, -0.2) is 33.0 Å². The van der Waals surface area contributed by atoms with Crippen LogP contribution in [0.2, 0.25) is 0 Å². The molecule has 0 aromatic heterocycles. The summed E-state index contributed by atoms with van der Waals surface area (Å²) >= 11 is 0. The Morgan fingerprint density at radius 2 is 1.94 bits per heavy atom. The van der Waals surface area contributed by atoms with Gasteiger partial charge in [0.15, 0.2) is 9.84 Å². The van der Waals surface area contributed by atoms with Gasteiger partial charge in [0.05, 0.1) is 36.5 Å². The number of esters is 1. The first kappa shape index (κ1) is 15.9. The maximum absolute atomic E-state index is 11.5. The third-order valence-electron chi connectivity index (χ3n) is 2.40. The molecule has 0 saturated carbocycles. The van der Waals surface area contributed by atoms with E-state index in [0.29, 0.717) is 12.8 Å². The van der Waals surface area contributed by atoms with E-state index in [1.807, 2.05) is 0 Å². The monoisotopic (exact) mass is 261 g/mol. The highest BCUT2D eigenvalue weighted by molar-refractivity contribution is 7.91. The number of hydrogen-bond donors (Lipinski definition) is 0. The van der Waals surface area contributed by atoms with Crippen molar-refractivity contribution in [3.8, 4) is 6.07 Å². The van der Waals surface area contributed by atoms with Crippen LogP contribution in [0.1, 0.15) is 33.1 Å². The number of carbonyl (C=O) groups excluding carboxylic acids is 1. The zero-order valence-corrected chi connectivity index (χ0v) is 11.3. The van der Waals surface area contributed by atoms with Crippen LogP contribution >= 0.6 is 0 Å². The van der Waals surface area contributed by atoms with Crippen LogP contribution in [-0.2, 0) is 19.4 Å². The predicted molar refractivity (Wildman–Crippen MR) is 63.9 cm³/mol. The largest absolute Gasteiger partial charge is 0.469 e. The molecule has 0 aromatic carbocycles. The van der Waals surface area contributed by atoms with Gasteiger partial charge < -0.3 is 4.74 Å². The molecule has 0 aromatic rings. The number of carbonyl (C=O) groups is 1. The molecule has 0 aliphatic carbocycles. The Hall–Kier alpha value is -1.09. The highest BCUT2D eigenvalue weighted by atomic mass is 32.2. The van der Waals surface area contributed by atoms with Crippen molar-refractivity contribution in [2.45, 2.75) is 33.1 Å². The van der Waals surface area contributed by atoms with Gasteiger partial charge in [0, 0.05) is 0 Å². The second kappa shape index (κ2) is 6.60. The summed E-state index contributed by atoms with van der Waals surface area (Å²) in [7, 11) is -2.00. The summed E-state index contributed by atoms with van der Waals surface area (Å²) in [6.45, 7) is 3.54. The molecule has 0 rings (SSSR count). The minimum absolute atomic E-state index is 0.00903. The number of methoxy groups -OCH3 is 1. The first-order valence-electron chi connectivity index (χ1n) is 5.41. The molecule has 0 unspecified atom stereocenters.